The number of aldehydes is 1. The molecule has 0 saturated carbocycles. The molecule has 0 spiro atoms. The van der Waals surface area contributed by atoms with Crippen LogP contribution in [0.2, 0.25) is 0 Å². The molecule has 0 fully saturated rings. The van der Waals surface area contributed by atoms with Crippen LogP contribution in [0.5, 0.6) is 0 Å². The quantitative estimate of drug-likeness (QED) is 0.506. The summed E-state index contributed by atoms with van der Waals surface area (Å²) in [4.78, 5) is 10.6. The van der Waals surface area contributed by atoms with Crippen LogP contribution in [0.1, 0.15) is 22.3 Å². The molecule has 0 radical (unpaired) electrons. The highest BCUT2D eigenvalue weighted by Crippen LogP contribution is 2.09. The first-order chi connectivity index (χ1) is 6.81. The second kappa shape index (κ2) is 3.94. The molecule has 0 aromatic heterocycles. The first-order valence-corrected chi connectivity index (χ1v) is 4.69. The lowest BCUT2D eigenvalue weighted by molar-refractivity contribution is 0.112. The van der Waals surface area contributed by atoms with Gasteiger partial charge in [0.1, 0.15) is 6.29 Å². The predicted octanol–water partition coefficient (Wildman–Crippen LogP) is 0.149. The number of carbonyl (C=O) groups excluding carboxylic acids is 1. The van der Waals surface area contributed by atoms with E-state index in [4.69, 9.17) is 4.65 Å². The van der Waals surface area contributed by atoms with E-state index < -0.39 is 7.12 Å². The van der Waals surface area contributed by atoms with Crippen molar-refractivity contribution in [2.24, 2.45) is 0 Å². The van der Waals surface area contributed by atoms with Crippen LogP contribution in [0.15, 0.2) is 18.2 Å². The fourth-order valence-electron chi connectivity index (χ4n) is 1.70. The van der Waals surface area contributed by atoms with Crippen LogP contribution in [-0.2, 0) is 11.1 Å². The van der Waals surface area contributed by atoms with Gasteiger partial charge in [0.25, 0.3) is 0 Å². The molecule has 4 heteroatoms. The first kappa shape index (κ1) is 9.43. The van der Waals surface area contributed by atoms with Gasteiger partial charge in [-0.15, -0.1) is 0 Å². The Morgan fingerprint density at radius 2 is 2.36 bits per heavy atom. The molecule has 0 amide bonds. The van der Waals surface area contributed by atoms with E-state index in [0.717, 1.165) is 30.2 Å². The number of aryl methyl sites for hydroxylation is 1. The van der Waals surface area contributed by atoms with Crippen molar-refractivity contribution in [1.82, 2.24) is 0 Å². The van der Waals surface area contributed by atoms with Gasteiger partial charge >= 0.3 is 7.12 Å². The van der Waals surface area contributed by atoms with Crippen molar-refractivity contribution >= 4 is 18.9 Å². The third kappa shape index (κ3) is 1.71. The van der Waals surface area contributed by atoms with Gasteiger partial charge in [-0.05, 0) is 29.9 Å². The van der Waals surface area contributed by atoms with Crippen LogP contribution in [0.3, 0.4) is 0 Å². The molecule has 72 valence electrons. The van der Waals surface area contributed by atoms with Gasteiger partial charge in [0.15, 0.2) is 0 Å². The van der Waals surface area contributed by atoms with E-state index in [-0.39, 0.29) is 0 Å². The van der Waals surface area contributed by atoms with E-state index in [1.807, 2.05) is 6.07 Å². The van der Waals surface area contributed by atoms with Crippen molar-refractivity contribution in [1.29, 1.82) is 0 Å². The molecule has 1 aliphatic rings. The van der Waals surface area contributed by atoms with Crippen molar-refractivity contribution in [3.8, 4) is 0 Å². The lowest BCUT2D eigenvalue weighted by Gasteiger charge is -2.07. The van der Waals surface area contributed by atoms with Crippen molar-refractivity contribution in [3.05, 3.63) is 29.3 Å². The van der Waals surface area contributed by atoms with E-state index in [2.05, 4.69) is 0 Å². The molecule has 1 aromatic carbocycles. The Balaban J connectivity index is 2.42. The van der Waals surface area contributed by atoms with E-state index in [1.165, 1.54) is 0 Å². The molecule has 1 N–H and O–H groups in total. The molecule has 14 heavy (non-hydrogen) atoms. The van der Waals surface area contributed by atoms with Gasteiger partial charge < -0.3 is 9.68 Å². The summed E-state index contributed by atoms with van der Waals surface area (Å²) in [5, 5.41) is 9.59. The summed E-state index contributed by atoms with van der Waals surface area (Å²) in [6.45, 7) is 0.562. The average molecular weight is 190 g/mol. The Kier molecular flexibility index (Phi) is 2.66. The Bertz CT molecular complexity index is 351. The minimum atomic E-state index is -0.840. The van der Waals surface area contributed by atoms with Crippen molar-refractivity contribution in [2.45, 2.75) is 12.8 Å². The Hall–Kier alpha value is -1.13. The number of hydrogen-bond donors (Lipinski definition) is 1. The van der Waals surface area contributed by atoms with Crippen LogP contribution in [0, 0.1) is 0 Å². The molecule has 1 aromatic rings. The average Bonchev–Trinajstić information content (AvgIpc) is 2.40. The second-order valence-electron chi connectivity index (χ2n) is 3.40. The number of fused-ring (bicyclic) bond motifs is 1. The SMILES string of the molecule is O=Cc1ccc2c(c1)CCCOB2O. The standard InChI is InChI=1S/C10H11BO3/c12-7-8-3-4-10-9(6-8)2-1-5-14-11(10)13/h3-4,6-7,13H,1-2,5H2. The maximum Gasteiger partial charge on any atom is 0.491 e. The van der Waals surface area contributed by atoms with Crippen LogP contribution in [-0.4, -0.2) is 25.0 Å². The number of benzene rings is 1. The minimum absolute atomic E-state index is 0.562. The highest BCUT2D eigenvalue weighted by Gasteiger charge is 2.22. The summed E-state index contributed by atoms with van der Waals surface area (Å²) in [6.07, 6.45) is 2.55. The molecule has 0 saturated heterocycles. The highest BCUT2D eigenvalue weighted by molar-refractivity contribution is 6.60. The lowest BCUT2D eigenvalue weighted by atomic mass is 9.76. The summed E-state index contributed by atoms with van der Waals surface area (Å²) in [6, 6.07) is 5.28. The summed E-state index contributed by atoms with van der Waals surface area (Å²) >= 11 is 0. The first-order valence-electron chi connectivity index (χ1n) is 4.69. The molecule has 1 aliphatic heterocycles. The van der Waals surface area contributed by atoms with Crippen molar-refractivity contribution in [2.75, 3.05) is 6.61 Å². The van der Waals surface area contributed by atoms with E-state index in [1.54, 1.807) is 12.1 Å². The maximum atomic E-state index is 10.6. The van der Waals surface area contributed by atoms with Crippen LogP contribution >= 0.6 is 0 Å². The zero-order chi connectivity index (χ0) is 9.97. The zero-order valence-corrected chi connectivity index (χ0v) is 7.77. The van der Waals surface area contributed by atoms with Gasteiger partial charge in [-0.2, -0.15) is 0 Å². The number of rotatable bonds is 1. The van der Waals surface area contributed by atoms with Gasteiger partial charge in [-0.1, -0.05) is 12.1 Å². The minimum Gasteiger partial charge on any atom is -0.423 e. The Morgan fingerprint density at radius 1 is 1.50 bits per heavy atom. The van der Waals surface area contributed by atoms with Crippen LogP contribution < -0.4 is 5.46 Å². The third-order valence-corrected chi connectivity index (χ3v) is 2.44. The molecule has 2 rings (SSSR count). The number of carbonyl (C=O) groups is 1. The fourth-order valence-corrected chi connectivity index (χ4v) is 1.70. The van der Waals surface area contributed by atoms with Crippen molar-refractivity contribution in [3.63, 3.8) is 0 Å². The molecule has 0 unspecified atom stereocenters. The smallest absolute Gasteiger partial charge is 0.423 e. The topological polar surface area (TPSA) is 46.5 Å². The normalized spacial score (nSPS) is 15.9. The number of hydrogen-bond acceptors (Lipinski definition) is 3. The van der Waals surface area contributed by atoms with Gasteiger partial charge in [0, 0.05) is 12.2 Å². The van der Waals surface area contributed by atoms with Gasteiger partial charge in [0.05, 0.1) is 0 Å². The molecular formula is C10H11BO3. The second-order valence-corrected chi connectivity index (χ2v) is 3.40. The third-order valence-electron chi connectivity index (χ3n) is 2.44. The predicted molar refractivity (Wildman–Crippen MR) is 53.7 cm³/mol. The van der Waals surface area contributed by atoms with Gasteiger partial charge in [-0.25, -0.2) is 0 Å². The molecule has 0 bridgehead atoms. The van der Waals surface area contributed by atoms with Gasteiger partial charge in [0.2, 0.25) is 0 Å². The summed E-state index contributed by atoms with van der Waals surface area (Å²) in [7, 11) is -0.840. The summed E-state index contributed by atoms with van der Waals surface area (Å²) in [5.41, 5.74) is 2.45. The molecule has 0 atom stereocenters. The molecule has 1 heterocycles. The molecular weight excluding hydrogens is 179 g/mol. The fraction of sp³-hybridized carbons (Fsp3) is 0.300. The maximum absolute atomic E-state index is 10.6. The van der Waals surface area contributed by atoms with Gasteiger partial charge in [-0.3, -0.25) is 4.79 Å². The van der Waals surface area contributed by atoms with Crippen LogP contribution in [0.4, 0.5) is 0 Å². The highest BCUT2D eigenvalue weighted by atomic mass is 16.5. The van der Waals surface area contributed by atoms with Crippen LogP contribution in [0.25, 0.3) is 0 Å². The van der Waals surface area contributed by atoms with E-state index in [9.17, 15) is 9.82 Å². The summed E-state index contributed by atoms with van der Waals surface area (Å²) < 4.78 is 5.17. The Labute approximate surface area is 82.8 Å². The van der Waals surface area contributed by atoms with E-state index in [0.29, 0.717) is 12.2 Å². The van der Waals surface area contributed by atoms with Crippen molar-refractivity contribution < 1.29 is 14.5 Å². The molecule has 3 nitrogen and oxygen atoms in total. The largest absolute Gasteiger partial charge is 0.491 e. The zero-order valence-electron chi connectivity index (χ0n) is 7.77. The van der Waals surface area contributed by atoms with E-state index >= 15 is 0 Å². The molecule has 0 aliphatic carbocycles. The monoisotopic (exact) mass is 190 g/mol. The summed E-state index contributed by atoms with van der Waals surface area (Å²) in [5.74, 6) is 0. The Morgan fingerprint density at radius 3 is 3.14 bits per heavy atom. The lowest BCUT2D eigenvalue weighted by Crippen LogP contribution is -2.34.